The van der Waals surface area contributed by atoms with Crippen LogP contribution in [0.15, 0.2) is 18.2 Å². The maximum atomic E-state index is 13.2. The Balaban J connectivity index is 1.48. The molecule has 6 nitrogen and oxygen atoms in total. The van der Waals surface area contributed by atoms with Crippen molar-refractivity contribution in [2.75, 3.05) is 19.7 Å². The standard InChI is InChI=1S/C20H25F4N3O3/c1-2-30-19(29)27-14-4-5-15(27)11-13(10-14)25-7-8-26-18(28)16-6-3-12(21)9-17(16)20(22,23)24/h3,6,9,13-15,25H,2,4-5,7-8,10-11H2,1H3,(H,26,28). The van der Waals surface area contributed by atoms with Crippen LogP contribution in [0.25, 0.3) is 0 Å². The van der Waals surface area contributed by atoms with Crippen molar-refractivity contribution in [3.8, 4) is 0 Å². The van der Waals surface area contributed by atoms with E-state index in [1.54, 1.807) is 6.92 Å². The number of piperidine rings is 1. The van der Waals surface area contributed by atoms with Gasteiger partial charge in [-0.15, -0.1) is 0 Å². The summed E-state index contributed by atoms with van der Waals surface area (Å²) in [6.45, 7) is 2.60. The van der Waals surface area contributed by atoms with Gasteiger partial charge in [0.1, 0.15) is 5.82 Å². The highest BCUT2D eigenvalue weighted by Gasteiger charge is 2.43. The van der Waals surface area contributed by atoms with E-state index < -0.39 is 29.0 Å². The number of hydrogen-bond donors (Lipinski definition) is 2. The number of nitrogens with zero attached hydrogens (tertiary/aromatic N) is 1. The first-order chi connectivity index (χ1) is 14.2. The fourth-order valence-electron chi connectivity index (χ4n) is 4.34. The largest absolute Gasteiger partial charge is 0.450 e. The minimum atomic E-state index is -4.82. The lowest BCUT2D eigenvalue weighted by atomic mass is 9.98. The molecule has 0 spiro atoms. The Kier molecular flexibility index (Phi) is 6.84. The third-order valence-electron chi connectivity index (χ3n) is 5.59. The molecule has 1 aromatic carbocycles. The van der Waals surface area contributed by atoms with Crippen LogP contribution in [0.5, 0.6) is 0 Å². The van der Waals surface area contributed by atoms with Crippen molar-refractivity contribution < 1.29 is 31.9 Å². The van der Waals surface area contributed by atoms with Crippen LogP contribution in [0, 0.1) is 5.82 Å². The molecule has 0 saturated carbocycles. The molecule has 0 aliphatic carbocycles. The number of carbonyl (C=O) groups excluding carboxylic acids is 2. The van der Waals surface area contributed by atoms with Crippen LogP contribution in [0.1, 0.15) is 48.5 Å². The Morgan fingerprint density at radius 3 is 2.43 bits per heavy atom. The van der Waals surface area contributed by atoms with Crippen LogP contribution in [-0.4, -0.2) is 54.7 Å². The average molecular weight is 431 g/mol. The first kappa shape index (κ1) is 22.3. The molecule has 1 aromatic rings. The molecule has 2 amide bonds. The molecule has 2 saturated heterocycles. The molecular formula is C20H25F4N3O3. The first-order valence-electron chi connectivity index (χ1n) is 10.0. The zero-order valence-corrected chi connectivity index (χ0v) is 16.6. The summed E-state index contributed by atoms with van der Waals surface area (Å²) >= 11 is 0. The van der Waals surface area contributed by atoms with E-state index in [0.717, 1.165) is 37.8 Å². The second-order valence-electron chi connectivity index (χ2n) is 7.56. The molecule has 2 aliphatic heterocycles. The molecule has 2 fully saturated rings. The van der Waals surface area contributed by atoms with E-state index in [1.165, 1.54) is 0 Å². The molecule has 2 unspecified atom stereocenters. The van der Waals surface area contributed by atoms with E-state index in [0.29, 0.717) is 19.2 Å². The maximum Gasteiger partial charge on any atom is 0.417 e. The lowest BCUT2D eigenvalue weighted by Crippen LogP contribution is -2.52. The lowest BCUT2D eigenvalue weighted by Gasteiger charge is -2.38. The summed E-state index contributed by atoms with van der Waals surface area (Å²) in [4.78, 5) is 26.1. The van der Waals surface area contributed by atoms with Crippen molar-refractivity contribution in [1.82, 2.24) is 15.5 Å². The van der Waals surface area contributed by atoms with E-state index in [2.05, 4.69) is 10.6 Å². The molecule has 2 heterocycles. The third-order valence-corrected chi connectivity index (χ3v) is 5.59. The number of amides is 2. The average Bonchev–Trinajstić information content (AvgIpc) is 2.95. The number of rotatable bonds is 6. The molecule has 0 aromatic heterocycles. The summed E-state index contributed by atoms with van der Waals surface area (Å²) in [6.07, 6.45) is -1.74. The smallest absolute Gasteiger partial charge is 0.417 e. The van der Waals surface area contributed by atoms with Gasteiger partial charge in [0.2, 0.25) is 0 Å². The van der Waals surface area contributed by atoms with Crippen LogP contribution in [-0.2, 0) is 10.9 Å². The number of ether oxygens (including phenoxy) is 1. The van der Waals surface area contributed by atoms with Crippen molar-refractivity contribution in [3.63, 3.8) is 0 Å². The van der Waals surface area contributed by atoms with Crippen molar-refractivity contribution in [3.05, 3.63) is 35.1 Å². The van der Waals surface area contributed by atoms with Gasteiger partial charge in [-0.3, -0.25) is 4.79 Å². The zero-order valence-electron chi connectivity index (χ0n) is 16.6. The first-order valence-corrected chi connectivity index (χ1v) is 10.0. The fraction of sp³-hybridized carbons (Fsp3) is 0.600. The highest BCUT2D eigenvalue weighted by Crippen LogP contribution is 2.36. The highest BCUT2D eigenvalue weighted by atomic mass is 19.4. The van der Waals surface area contributed by atoms with Crippen molar-refractivity contribution in [1.29, 1.82) is 0 Å². The molecule has 2 aliphatic rings. The van der Waals surface area contributed by atoms with Crippen molar-refractivity contribution >= 4 is 12.0 Å². The monoisotopic (exact) mass is 431 g/mol. The number of carbonyl (C=O) groups is 2. The molecule has 30 heavy (non-hydrogen) atoms. The van der Waals surface area contributed by atoms with Gasteiger partial charge in [-0.25, -0.2) is 9.18 Å². The quantitative estimate of drug-likeness (QED) is 0.536. The third kappa shape index (κ3) is 5.03. The Morgan fingerprint density at radius 1 is 1.17 bits per heavy atom. The minimum Gasteiger partial charge on any atom is -0.450 e. The SMILES string of the molecule is CCOC(=O)N1C2CCC1CC(NCCNC(=O)c1ccc(F)cc1C(F)(F)F)C2. The Bertz CT molecular complexity index is 773. The van der Waals surface area contributed by atoms with E-state index in [9.17, 15) is 27.2 Å². The summed E-state index contributed by atoms with van der Waals surface area (Å²) in [6, 6.07) is 2.37. The van der Waals surface area contributed by atoms with Gasteiger partial charge >= 0.3 is 12.3 Å². The van der Waals surface area contributed by atoms with Gasteiger partial charge < -0.3 is 20.3 Å². The Morgan fingerprint density at radius 2 is 1.83 bits per heavy atom. The minimum absolute atomic E-state index is 0.114. The summed E-state index contributed by atoms with van der Waals surface area (Å²) in [7, 11) is 0. The Labute approximate surface area is 171 Å². The summed E-state index contributed by atoms with van der Waals surface area (Å²) in [5, 5.41) is 5.74. The second-order valence-corrected chi connectivity index (χ2v) is 7.56. The molecule has 2 N–H and O–H groups in total. The normalized spacial score (nSPS) is 23.4. The summed E-state index contributed by atoms with van der Waals surface area (Å²) in [5.41, 5.74) is -1.90. The van der Waals surface area contributed by atoms with Gasteiger partial charge in [0, 0.05) is 31.2 Å². The van der Waals surface area contributed by atoms with E-state index in [1.807, 2.05) is 4.90 Å². The molecule has 2 bridgehead atoms. The predicted octanol–water partition coefficient (Wildman–Crippen LogP) is 3.32. The van der Waals surface area contributed by atoms with Gasteiger partial charge in [0.15, 0.2) is 0 Å². The van der Waals surface area contributed by atoms with Crippen molar-refractivity contribution in [2.45, 2.75) is 56.9 Å². The van der Waals surface area contributed by atoms with Gasteiger partial charge in [0.05, 0.1) is 17.7 Å². The molecular weight excluding hydrogens is 406 g/mol. The van der Waals surface area contributed by atoms with Crippen LogP contribution >= 0.6 is 0 Å². The topological polar surface area (TPSA) is 70.7 Å². The number of fused-ring (bicyclic) bond motifs is 2. The number of hydrogen-bond acceptors (Lipinski definition) is 4. The second kappa shape index (κ2) is 9.20. The van der Waals surface area contributed by atoms with E-state index in [4.69, 9.17) is 4.74 Å². The fourth-order valence-corrected chi connectivity index (χ4v) is 4.34. The molecule has 3 rings (SSSR count). The van der Waals surface area contributed by atoms with Gasteiger partial charge in [-0.1, -0.05) is 0 Å². The van der Waals surface area contributed by atoms with Gasteiger partial charge in [0.25, 0.3) is 5.91 Å². The summed E-state index contributed by atoms with van der Waals surface area (Å²) < 4.78 is 57.4. The Hall–Kier alpha value is -2.36. The molecule has 166 valence electrons. The maximum absolute atomic E-state index is 13.2. The van der Waals surface area contributed by atoms with Crippen LogP contribution in [0.4, 0.5) is 22.4 Å². The predicted molar refractivity (Wildman–Crippen MR) is 100 cm³/mol. The highest BCUT2D eigenvalue weighted by molar-refractivity contribution is 5.95. The number of alkyl halides is 3. The lowest BCUT2D eigenvalue weighted by molar-refractivity contribution is -0.138. The summed E-state index contributed by atoms with van der Waals surface area (Å²) in [5.74, 6) is -1.95. The molecule has 0 radical (unpaired) electrons. The van der Waals surface area contributed by atoms with E-state index in [-0.39, 0.29) is 30.8 Å². The number of halogens is 4. The van der Waals surface area contributed by atoms with Crippen LogP contribution in [0.2, 0.25) is 0 Å². The molecule has 10 heteroatoms. The van der Waals surface area contributed by atoms with Gasteiger partial charge in [-0.05, 0) is 50.8 Å². The zero-order chi connectivity index (χ0) is 21.9. The number of nitrogens with one attached hydrogen (secondary N) is 2. The number of benzene rings is 1. The van der Waals surface area contributed by atoms with Crippen LogP contribution < -0.4 is 10.6 Å². The van der Waals surface area contributed by atoms with Crippen molar-refractivity contribution in [2.24, 2.45) is 0 Å². The van der Waals surface area contributed by atoms with E-state index >= 15 is 0 Å². The van der Waals surface area contributed by atoms with Gasteiger partial charge in [-0.2, -0.15) is 13.2 Å². The van der Waals surface area contributed by atoms with Crippen LogP contribution in [0.3, 0.4) is 0 Å². The molecule has 2 atom stereocenters.